The van der Waals surface area contributed by atoms with Gasteiger partial charge in [0.2, 0.25) is 5.91 Å². The van der Waals surface area contributed by atoms with E-state index in [0.29, 0.717) is 12.3 Å². The summed E-state index contributed by atoms with van der Waals surface area (Å²) >= 11 is 0. The maximum Gasteiger partial charge on any atom is 0.225 e. The summed E-state index contributed by atoms with van der Waals surface area (Å²) < 4.78 is 0. The summed E-state index contributed by atoms with van der Waals surface area (Å²) in [7, 11) is 0. The van der Waals surface area contributed by atoms with Crippen molar-refractivity contribution in [1.82, 2.24) is 5.32 Å². The highest BCUT2D eigenvalue weighted by Gasteiger charge is 2.04. The molecular weight excluding hydrogens is 224 g/mol. The second-order valence-electron chi connectivity index (χ2n) is 5.21. The fourth-order valence-electron chi connectivity index (χ4n) is 1.76. The number of amides is 1. The van der Waals surface area contributed by atoms with Crippen LogP contribution in [-0.2, 0) is 4.79 Å². The Balaban J connectivity index is 2.35. The highest BCUT2D eigenvalue weighted by molar-refractivity contribution is 5.91. The Morgan fingerprint density at radius 2 is 2.00 bits per heavy atom. The molecule has 1 aromatic carbocycles. The number of hydrogen-bond donors (Lipinski definition) is 2. The molecule has 100 valence electrons. The number of anilines is 1. The molecule has 0 radical (unpaired) electrons. The Kier molecular flexibility index (Phi) is 5.86. The van der Waals surface area contributed by atoms with E-state index in [-0.39, 0.29) is 5.91 Å². The van der Waals surface area contributed by atoms with Gasteiger partial charge in [-0.25, -0.2) is 0 Å². The van der Waals surface area contributed by atoms with Crippen LogP contribution in [-0.4, -0.2) is 19.0 Å². The lowest BCUT2D eigenvalue weighted by atomic mass is 10.1. The molecule has 0 unspecified atom stereocenters. The largest absolute Gasteiger partial charge is 0.326 e. The number of rotatable bonds is 6. The Morgan fingerprint density at radius 3 is 2.61 bits per heavy atom. The van der Waals surface area contributed by atoms with Crippen molar-refractivity contribution in [3.05, 3.63) is 29.3 Å². The topological polar surface area (TPSA) is 41.1 Å². The predicted molar refractivity (Wildman–Crippen MR) is 76.9 cm³/mol. The van der Waals surface area contributed by atoms with E-state index < -0.39 is 0 Å². The first kappa shape index (κ1) is 14.7. The van der Waals surface area contributed by atoms with Crippen LogP contribution in [0.3, 0.4) is 0 Å². The first-order valence-corrected chi connectivity index (χ1v) is 6.57. The smallest absolute Gasteiger partial charge is 0.225 e. The molecule has 0 heterocycles. The van der Waals surface area contributed by atoms with Crippen molar-refractivity contribution in [2.24, 2.45) is 5.92 Å². The third-order valence-electron chi connectivity index (χ3n) is 2.74. The Labute approximate surface area is 110 Å². The van der Waals surface area contributed by atoms with Crippen LogP contribution in [0.1, 0.15) is 31.4 Å². The van der Waals surface area contributed by atoms with Crippen LogP contribution in [0.4, 0.5) is 5.69 Å². The molecule has 0 saturated heterocycles. The van der Waals surface area contributed by atoms with Gasteiger partial charge in [0, 0.05) is 18.7 Å². The molecule has 2 N–H and O–H groups in total. The summed E-state index contributed by atoms with van der Waals surface area (Å²) in [5.74, 6) is 0.686. The lowest BCUT2D eigenvalue weighted by Crippen LogP contribution is -2.25. The fourth-order valence-corrected chi connectivity index (χ4v) is 1.76. The molecule has 0 aliphatic heterocycles. The average molecular weight is 248 g/mol. The summed E-state index contributed by atoms with van der Waals surface area (Å²) in [5.41, 5.74) is 3.23. The highest BCUT2D eigenvalue weighted by atomic mass is 16.1. The number of benzene rings is 1. The van der Waals surface area contributed by atoms with Crippen molar-refractivity contribution in [3.8, 4) is 0 Å². The third-order valence-corrected chi connectivity index (χ3v) is 2.74. The van der Waals surface area contributed by atoms with E-state index in [1.165, 1.54) is 5.56 Å². The van der Waals surface area contributed by atoms with Crippen LogP contribution in [0, 0.1) is 19.8 Å². The van der Waals surface area contributed by atoms with Crippen LogP contribution in [0.2, 0.25) is 0 Å². The van der Waals surface area contributed by atoms with Crippen LogP contribution < -0.4 is 10.6 Å². The molecule has 0 fully saturated rings. The zero-order valence-corrected chi connectivity index (χ0v) is 11.8. The van der Waals surface area contributed by atoms with E-state index in [2.05, 4.69) is 37.5 Å². The Morgan fingerprint density at radius 1 is 1.28 bits per heavy atom. The molecule has 0 bridgehead atoms. The van der Waals surface area contributed by atoms with Gasteiger partial charge in [0.15, 0.2) is 0 Å². The minimum absolute atomic E-state index is 0.0678. The van der Waals surface area contributed by atoms with Crippen molar-refractivity contribution < 1.29 is 4.79 Å². The Hall–Kier alpha value is -1.35. The molecule has 0 spiro atoms. The average Bonchev–Trinajstić information content (AvgIpc) is 2.28. The molecule has 1 amide bonds. The maximum atomic E-state index is 11.7. The summed E-state index contributed by atoms with van der Waals surface area (Å²) in [6.45, 7) is 10.1. The van der Waals surface area contributed by atoms with Gasteiger partial charge in [-0.1, -0.05) is 31.5 Å². The van der Waals surface area contributed by atoms with Gasteiger partial charge in [-0.15, -0.1) is 0 Å². The molecule has 0 atom stereocenters. The highest BCUT2D eigenvalue weighted by Crippen LogP contribution is 2.15. The quantitative estimate of drug-likeness (QED) is 0.760. The second-order valence-corrected chi connectivity index (χ2v) is 5.21. The number of hydrogen-bond acceptors (Lipinski definition) is 2. The van der Waals surface area contributed by atoms with Crippen molar-refractivity contribution in [1.29, 1.82) is 0 Å². The van der Waals surface area contributed by atoms with E-state index in [9.17, 15) is 4.79 Å². The third kappa shape index (κ3) is 5.32. The zero-order chi connectivity index (χ0) is 13.5. The van der Waals surface area contributed by atoms with Crippen molar-refractivity contribution in [2.45, 2.75) is 34.1 Å². The molecule has 0 saturated carbocycles. The van der Waals surface area contributed by atoms with E-state index in [0.717, 1.165) is 24.3 Å². The molecule has 0 aliphatic rings. The monoisotopic (exact) mass is 248 g/mol. The molecule has 0 aromatic heterocycles. The molecule has 1 rings (SSSR count). The van der Waals surface area contributed by atoms with Crippen molar-refractivity contribution in [3.63, 3.8) is 0 Å². The predicted octanol–water partition coefficient (Wildman–Crippen LogP) is 2.88. The lowest BCUT2D eigenvalue weighted by molar-refractivity contribution is -0.116. The number of carbonyl (C=O) groups excluding carboxylic acids is 1. The van der Waals surface area contributed by atoms with E-state index >= 15 is 0 Å². The van der Waals surface area contributed by atoms with Gasteiger partial charge >= 0.3 is 0 Å². The standard InChI is InChI=1S/C15H24N2O/c1-11(2)10-16-8-7-15(18)17-14-6-5-12(3)9-13(14)4/h5-6,9,11,16H,7-8,10H2,1-4H3,(H,17,18). The SMILES string of the molecule is Cc1ccc(NC(=O)CCNCC(C)C)c(C)c1. The van der Waals surface area contributed by atoms with E-state index in [1.54, 1.807) is 0 Å². The molecule has 0 aliphatic carbocycles. The molecule has 3 heteroatoms. The summed E-state index contributed by atoms with van der Waals surface area (Å²) in [6.07, 6.45) is 0.514. The summed E-state index contributed by atoms with van der Waals surface area (Å²) in [4.78, 5) is 11.7. The van der Waals surface area contributed by atoms with Crippen LogP contribution in [0.15, 0.2) is 18.2 Å². The van der Waals surface area contributed by atoms with Gasteiger partial charge in [-0.2, -0.15) is 0 Å². The second kappa shape index (κ2) is 7.17. The molecule has 18 heavy (non-hydrogen) atoms. The zero-order valence-electron chi connectivity index (χ0n) is 11.8. The molecule has 3 nitrogen and oxygen atoms in total. The van der Waals surface area contributed by atoms with Crippen molar-refractivity contribution in [2.75, 3.05) is 18.4 Å². The minimum Gasteiger partial charge on any atom is -0.326 e. The lowest BCUT2D eigenvalue weighted by Gasteiger charge is -2.10. The van der Waals surface area contributed by atoms with Gasteiger partial charge in [0.1, 0.15) is 0 Å². The molecular formula is C15H24N2O. The van der Waals surface area contributed by atoms with Gasteiger partial charge < -0.3 is 10.6 Å². The van der Waals surface area contributed by atoms with Crippen LogP contribution >= 0.6 is 0 Å². The summed E-state index contributed by atoms with van der Waals surface area (Å²) in [6, 6.07) is 6.05. The van der Waals surface area contributed by atoms with Crippen LogP contribution in [0.25, 0.3) is 0 Å². The van der Waals surface area contributed by atoms with E-state index in [4.69, 9.17) is 0 Å². The maximum absolute atomic E-state index is 11.7. The van der Waals surface area contributed by atoms with Gasteiger partial charge in [-0.05, 0) is 37.9 Å². The van der Waals surface area contributed by atoms with Crippen molar-refractivity contribution >= 4 is 11.6 Å². The summed E-state index contributed by atoms with van der Waals surface area (Å²) in [5, 5.41) is 6.21. The molecule has 1 aromatic rings. The number of carbonyl (C=O) groups is 1. The van der Waals surface area contributed by atoms with Gasteiger partial charge in [-0.3, -0.25) is 4.79 Å². The fraction of sp³-hybridized carbons (Fsp3) is 0.533. The van der Waals surface area contributed by atoms with Gasteiger partial charge in [0.05, 0.1) is 0 Å². The number of nitrogens with one attached hydrogen (secondary N) is 2. The minimum atomic E-state index is 0.0678. The van der Waals surface area contributed by atoms with E-state index in [1.807, 2.05) is 19.1 Å². The Bertz CT molecular complexity index is 399. The van der Waals surface area contributed by atoms with Crippen LogP contribution in [0.5, 0.6) is 0 Å². The number of aryl methyl sites for hydroxylation is 2. The first-order valence-electron chi connectivity index (χ1n) is 6.57. The normalized spacial score (nSPS) is 10.7. The van der Waals surface area contributed by atoms with Gasteiger partial charge in [0.25, 0.3) is 0 Å². The first-order chi connectivity index (χ1) is 8.49.